The number of benzene rings is 2. The molecular weight excluding hydrogens is 272 g/mol. The highest BCUT2D eigenvalue weighted by Crippen LogP contribution is 2.28. The Balaban J connectivity index is 1.97. The third kappa shape index (κ3) is 3.20. The van der Waals surface area contributed by atoms with E-state index >= 15 is 0 Å². The molecule has 0 saturated heterocycles. The van der Waals surface area contributed by atoms with Gasteiger partial charge in [0.05, 0.1) is 5.71 Å². The second-order valence-corrected chi connectivity index (χ2v) is 5.83. The topological polar surface area (TPSA) is 24.8 Å². The Hall–Kier alpha value is -2.13. The number of aliphatic imine (C=N–C) groups is 1. The Labute approximate surface area is 132 Å². The molecule has 3 heteroatoms. The van der Waals surface area contributed by atoms with Crippen molar-refractivity contribution >= 4 is 5.71 Å². The van der Waals surface area contributed by atoms with Crippen LogP contribution < -0.4 is 4.74 Å². The molecule has 1 aliphatic heterocycles. The highest BCUT2D eigenvalue weighted by atomic mass is 16.5. The zero-order valence-corrected chi connectivity index (χ0v) is 13.2. The Morgan fingerprint density at radius 1 is 1.00 bits per heavy atom. The van der Waals surface area contributed by atoms with Crippen molar-refractivity contribution in [3.8, 4) is 5.75 Å². The van der Waals surface area contributed by atoms with Gasteiger partial charge in [-0.05, 0) is 44.8 Å². The molecule has 2 aromatic rings. The van der Waals surface area contributed by atoms with Gasteiger partial charge in [-0.15, -0.1) is 0 Å². The number of ether oxygens (including phenoxy) is 1. The van der Waals surface area contributed by atoms with Gasteiger partial charge in [0.1, 0.15) is 12.4 Å². The molecule has 0 N–H and O–H groups in total. The van der Waals surface area contributed by atoms with Gasteiger partial charge in [-0.1, -0.05) is 36.4 Å². The van der Waals surface area contributed by atoms with E-state index in [0.717, 1.165) is 36.5 Å². The van der Waals surface area contributed by atoms with Crippen LogP contribution in [0.5, 0.6) is 5.75 Å². The maximum absolute atomic E-state index is 5.96. The minimum absolute atomic E-state index is 0.601. The Kier molecular flexibility index (Phi) is 4.54. The summed E-state index contributed by atoms with van der Waals surface area (Å²) in [5.74, 6) is 0.921. The zero-order chi connectivity index (χ0) is 15.4. The van der Waals surface area contributed by atoms with E-state index in [9.17, 15) is 0 Å². The van der Waals surface area contributed by atoms with Gasteiger partial charge in [-0.25, -0.2) is 0 Å². The van der Waals surface area contributed by atoms with E-state index in [1.165, 1.54) is 11.1 Å². The molecule has 3 rings (SSSR count). The molecule has 22 heavy (non-hydrogen) atoms. The molecule has 0 saturated carbocycles. The van der Waals surface area contributed by atoms with E-state index in [-0.39, 0.29) is 0 Å². The van der Waals surface area contributed by atoms with Crippen LogP contribution in [0, 0.1) is 0 Å². The van der Waals surface area contributed by atoms with Crippen LogP contribution in [0.4, 0.5) is 0 Å². The van der Waals surface area contributed by atoms with Gasteiger partial charge in [-0.2, -0.15) is 0 Å². The van der Waals surface area contributed by atoms with Crippen molar-refractivity contribution in [2.45, 2.75) is 13.0 Å². The first-order valence-electron chi connectivity index (χ1n) is 7.75. The monoisotopic (exact) mass is 294 g/mol. The third-order valence-electron chi connectivity index (χ3n) is 3.83. The van der Waals surface area contributed by atoms with Crippen LogP contribution in [0.3, 0.4) is 0 Å². The number of hydrogen-bond donors (Lipinski definition) is 0. The molecule has 0 aliphatic carbocycles. The van der Waals surface area contributed by atoms with E-state index in [0.29, 0.717) is 6.61 Å². The zero-order valence-electron chi connectivity index (χ0n) is 13.2. The van der Waals surface area contributed by atoms with E-state index in [1.807, 2.05) is 18.2 Å². The lowest BCUT2D eigenvalue weighted by Crippen LogP contribution is -2.14. The van der Waals surface area contributed by atoms with Crippen LogP contribution >= 0.6 is 0 Å². The number of hydrogen-bond acceptors (Lipinski definition) is 3. The summed E-state index contributed by atoms with van der Waals surface area (Å²) in [6, 6.07) is 16.6. The minimum Gasteiger partial charge on any atom is -0.488 e. The van der Waals surface area contributed by atoms with Gasteiger partial charge in [0.25, 0.3) is 0 Å². The lowest BCUT2D eigenvalue weighted by Gasteiger charge is -2.10. The van der Waals surface area contributed by atoms with Crippen LogP contribution in [0.1, 0.15) is 23.1 Å². The lowest BCUT2D eigenvalue weighted by atomic mass is 9.98. The van der Waals surface area contributed by atoms with E-state index in [1.54, 1.807) is 0 Å². The summed E-state index contributed by atoms with van der Waals surface area (Å²) in [6.07, 6.45) is 1.06. The molecule has 0 fully saturated rings. The van der Waals surface area contributed by atoms with Crippen molar-refractivity contribution in [1.82, 2.24) is 4.90 Å². The first kappa shape index (κ1) is 14.8. The fraction of sp³-hybridized carbons (Fsp3) is 0.316. The van der Waals surface area contributed by atoms with Crippen molar-refractivity contribution in [2.24, 2.45) is 4.99 Å². The van der Waals surface area contributed by atoms with Crippen LogP contribution in [0.15, 0.2) is 53.5 Å². The van der Waals surface area contributed by atoms with E-state index in [4.69, 9.17) is 9.73 Å². The minimum atomic E-state index is 0.601. The van der Waals surface area contributed by atoms with Crippen molar-refractivity contribution in [1.29, 1.82) is 0 Å². The van der Waals surface area contributed by atoms with Gasteiger partial charge >= 0.3 is 0 Å². The molecule has 0 bridgehead atoms. The molecule has 1 aliphatic rings. The Morgan fingerprint density at radius 3 is 2.55 bits per heavy atom. The highest BCUT2D eigenvalue weighted by molar-refractivity contribution is 6.15. The Morgan fingerprint density at radius 2 is 1.73 bits per heavy atom. The number of nitrogens with zero attached hydrogens (tertiary/aromatic N) is 2. The molecule has 2 aromatic carbocycles. The summed E-state index contributed by atoms with van der Waals surface area (Å²) >= 11 is 0. The molecule has 0 spiro atoms. The normalized spacial score (nSPS) is 15.1. The number of fused-ring (bicyclic) bond motifs is 2. The second-order valence-electron chi connectivity index (χ2n) is 5.83. The summed E-state index contributed by atoms with van der Waals surface area (Å²) < 4.78 is 5.96. The van der Waals surface area contributed by atoms with Crippen LogP contribution in [0.2, 0.25) is 0 Å². The predicted molar refractivity (Wildman–Crippen MR) is 90.9 cm³/mol. The third-order valence-corrected chi connectivity index (χ3v) is 3.83. The van der Waals surface area contributed by atoms with Crippen molar-refractivity contribution < 1.29 is 4.74 Å². The fourth-order valence-electron chi connectivity index (χ4n) is 2.71. The van der Waals surface area contributed by atoms with Crippen molar-refractivity contribution in [3.63, 3.8) is 0 Å². The van der Waals surface area contributed by atoms with Crippen molar-refractivity contribution in [2.75, 3.05) is 27.2 Å². The smallest absolute Gasteiger partial charge is 0.129 e. The van der Waals surface area contributed by atoms with Gasteiger partial charge in [0.15, 0.2) is 0 Å². The lowest BCUT2D eigenvalue weighted by molar-refractivity contribution is 0.307. The largest absolute Gasteiger partial charge is 0.488 e. The van der Waals surface area contributed by atoms with Crippen LogP contribution in [-0.4, -0.2) is 37.8 Å². The average Bonchev–Trinajstić information content (AvgIpc) is 2.69. The summed E-state index contributed by atoms with van der Waals surface area (Å²) in [6.45, 7) is 2.48. The molecule has 0 aromatic heterocycles. The molecule has 0 radical (unpaired) electrons. The average molecular weight is 294 g/mol. The number of rotatable bonds is 4. The number of para-hydroxylation sites is 1. The quantitative estimate of drug-likeness (QED) is 0.808. The first-order valence-corrected chi connectivity index (χ1v) is 7.75. The summed E-state index contributed by atoms with van der Waals surface area (Å²) in [7, 11) is 4.19. The van der Waals surface area contributed by atoms with Crippen LogP contribution in [0.25, 0.3) is 0 Å². The molecule has 3 nitrogen and oxygen atoms in total. The molecular formula is C19H22N2O. The van der Waals surface area contributed by atoms with Gasteiger partial charge in [0, 0.05) is 17.7 Å². The van der Waals surface area contributed by atoms with E-state index in [2.05, 4.69) is 49.3 Å². The standard InChI is InChI=1S/C19H22N2O/c1-21(2)13-7-12-20-19-16-9-4-3-8-15(16)14-22-18-11-6-5-10-17(18)19/h3-6,8-11H,7,12-14H2,1-2H3. The van der Waals surface area contributed by atoms with Gasteiger partial charge in [-0.3, -0.25) is 4.99 Å². The maximum atomic E-state index is 5.96. The molecule has 0 amide bonds. The molecule has 114 valence electrons. The van der Waals surface area contributed by atoms with Crippen molar-refractivity contribution in [3.05, 3.63) is 65.2 Å². The summed E-state index contributed by atoms with van der Waals surface area (Å²) in [5, 5.41) is 0. The molecule has 1 heterocycles. The SMILES string of the molecule is CN(C)CCCN=C1c2ccccc2COc2ccccc21. The summed E-state index contributed by atoms with van der Waals surface area (Å²) in [5.41, 5.74) is 4.54. The van der Waals surface area contributed by atoms with Gasteiger partial charge in [0.2, 0.25) is 0 Å². The predicted octanol–water partition coefficient (Wildman–Crippen LogP) is 3.37. The second kappa shape index (κ2) is 6.75. The highest BCUT2D eigenvalue weighted by Gasteiger charge is 2.19. The molecule has 0 unspecified atom stereocenters. The first-order chi connectivity index (χ1) is 10.8. The fourth-order valence-corrected chi connectivity index (χ4v) is 2.71. The molecule has 0 atom stereocenters. The summed E-state index contributed by atoms with van der Waals surface area (Å²) in [4.78, 5) is 7.10. The van der Waals surface area contributed by atoms with Gasteiger partial charge < -0.3 is 9.64 Å². The van der Waals surface area contributed by atoms with Crippen LogP contribution in [-0.2, 0) is 6.61 Å². The van der Waals surface area contributed by atoms with E-state index < -0.39 is 0 Å². The Bertz CT molecular complexity index is 627. The maximum Gasteiger partial charge on any atom is 0.129 e.